The zero-order valence-corrected chi connectivity index (χ0v) is 11.3. The van der Waals surface area contributed by atoms with E-state index in [4.69, 9.17) is 10.5 Å². The Kier molecular flexibility index (Phi) is 3.92. The van der Waals surface area contributed by atoms with Crippen molar-refractivity contribution in [1.82, 2.24) is 9.97 Å². The van der Waals surface area contributed by atoms with Gasteiger partial charge in [0.15, 0.2) is 0 Å². The van der Waals surface area contributed by atoms with Crippen LogP contribution in [0.1, 0.15) is 5.56 Å². The van der Waals surface area contributed by atoms with Crippen molar-refractivity contribution >= 4 is 22.6 Å². The van der Waals surface area contributed by atoms with Crippen LogP contribution in [0.4, 0.5) is 4.39 Å². The van der Waals surface area contributed by atoms with Gasteiger partial charge in [0.1, 0.15) is 15.1 Å². The molecule has 0 saturated heterocycles. The molecule has 0 spiro atoms. The van der Waals surface area contributed by atoms with Gasteiger partial charge in [0.2, 0.25) is 5.88 Å². The molecule has 1 aromatic heterocycles. The molecule has 0 fully saturated rings. The minimum atomic E-state index is -0.449. The fourth-order valence-corrected chi connectivity index (χ4v) is 1.71. The summed E-state index contributed by atoms with van der Waals surface area (Å²) in [7, 11) is 0. The largest absolute Gasteiger partial charge is 0.438 e. The summed E-state index contributed by atoms with van der Waals surface area (Å²) in [5.41, 5.74) is 5.45. The Hall–Kier alpha value is -1.48. The Balaban J connectivity index is 2.32. The van der Waals surface area contributed by atoms with E-state index in [2.05, 4.69) is 9.97 Å². The summed E-state index contributed by atoms with van der Waals surface area (Å²) in [6, 6.07) is 4.32. The fraction of sp³-hybridized carbons (Fsp3) is 0.0909. The lowest BCUT2D eigenvalue weighted by atomic mass is 10.2. The number of hydrogen-bond donors (Lipinski definition) is 2. The summed E-state index contributed by atoms with van der Waals surface area (Å²) >= 11 is 1.81. The summed E-state index contributed by atoms with van der Waals surface area (Å²) in [6.07, 6.45) is 1.23. The molecule has 0 aliphatic rings. The number of nitrogens with two attached hydrogens (primary N) is 1. The molecule has 0 aliphatic carbocycles. The van der Waals surface area contributed by atoms with E-state index in [1.807, 2.05) is 22.6 Å². The first-order chi connectivity index (χ1) is 8.61. The monoisotopic (exact) mass is 361 g/mol. The van der Waals surface area contributed by atoms with E-state index in [1.54, 1.807) is 6.07 Å². The Bertz CT molecular complexity index is 630. The number of ether oxygens (including phenoxy) is 1. The molecule has 5 nitrogen and oxygen atoms in total. The lowest BCUT2D eigenvalue weighted by molar-refractivity contribution is 0.451. The average molecular weight is 361 g/mol. The van der Waals surface area contributed by atoms with E-state index in [0.29, 0.717) is 9.13 Å². The minimum Gasteiger partial charge on any atom is -0.438 e. The minimum absolute atomic E-state index is 0.118. The number of halogens is 2. The van der Waals surface area contributed by atoms with Gasteiger partial charge in [0, 0.05) is 18.2 Å². The van der Waals surface area contributed by atoms with Crippen LogP contribution in [-0.2, 0) is 6.54 Å². The Morgan fingerprint density at radius 2 is 2.28 bits per heavy atom. The third kappa shape index (κ3) is 2.67. The van der Waals surface area contributed by atoms with Crippen LogP contribution in [0.3, 0.4) is 0 Å². The number of nitrogens with one attached hydrogen (secondary N) is 1. The number of hydrogen-bond acceptors (Lipinski definition) is 4. The number of H-pyrrole nitrogens is 1. The molecule has 1 heterocycles. The first-order valence-corrected chi connectivity index (χ1v) is 6.09. The van der Waals surface area contributed by atoms with E-state index in [1.165, 1.54) is 18.5 Å². The van der Waals surface area contributed by atoms with E-state index in [-0.39, 0.29) is 23.7 Å². The topological polar surface area (TPSA) is 81.0 Å². The van der Waals surface area contributed by atoms with Crippen LogP contribution in [0.2, 0.25) is 0 Å². The zero-order chi connectivity index (χ0) is 13.1. The van der Waals surface area contributed by atoms with Crippen LogP contribution in [0.5, 0.6) is 11.6 Å². The van der Waals surface area contributed by atoms with Crippen molar-refractivity contribution in [2.75, 3.05) is 0 Å². The molecule has 0 unspecified atom stereocenters. The van der Waals surface area contributed by atoms with E-state index < -0.39 is 5.82 Å². The second-order valence-corrected chi connectivity index (χ2v) is 4.49. The van der Waals surface area contributed by atoms with Gasteiger partial charge < -0.3 is 15.5 Å². The summed E-state index contributed by atoms with van der Waals surface area (Å²) < 4.78 is 19.1. The standard InChI is InChI=1S/C11H9FIN3O2/c12-8-3-7(2-1-6(8)4-14)18-11-9(13)10(17)15-5-16-11/h1-3,5H,4,14H2,(H,15,16,17). The lowest BCUT2D eigenvalue weighted by Gasteiger charge is -2.07. The van der Waals surface area contributed by atoms with Gasteiger partial charge in [-0.2, -0.15) is 0 Å². The number of nitrogens with zero attached hydrogens (tertiary/aromatic N) is 1. The average Bonchev–Trinajstić information content (AvgIpc) is 2.35. The van der Waals surface area contributed by atoms with Crippen LogP contribution >= 0.6 is 22.6 Å². The molecule has 2 aromatic rings. The summed E-state index contributed by atoms with van der Waals surface area (Å²) in [5, 5.41) is 0. The maximum atomic E-state index is 13.5. The van der Waals surface area contributed by atoms with Gasteiger partial charge in [-0.1, -0.05) is 6.07 Å². The van der Waals surface area contributed by atoms with Crippen molar-refractivity contribution in [2.45, 2.75) is 6.54 Å². The van der Waals surface area contributed by atoms with Crippen LogP contribution in [-0.4, -0.2) is 9.97 Å². The second kappa shape index (κ2) is 5.44. The summed E-state index contributed by atoms with van der Waals surface area (Å²) in [6.45, 7) is 0.118. The Morgan fingerprint density at radius 1 is 1.50 bits per heavy atom. The first kappa shape index (κ1) is 13.0. The SMILES string of the molecule is NCc1ccc(Oc2nc[nH]c(=O)c2I)cc1F. The Morgan fingerprint density at radius 3 is 2.94 bits per heavy atom. The van der Waals surface area contributed by atoms with Gasteiger partial charge in [-0.25, -0.2) is 9.37 Å². The number of rotatable bonds is 3. The molecular formula is C11H9FIN3O2. The molecule has 0 saturated carbocycles. The molecule has 3 N–H and O–H groups in total. The van der Waals surface area contributed by atoms with Crippen molar-refractivity contribution in [3.63, 3.8) is 0 Å². The van der Waals surface area contributed by atoms with Crippen molar-refractivity contribution < 1.29 is 9.13 Å². The highest BCUT2D eigenvalue weighted by Crippen LogP contribution is 2.23. The molecule has 18 heavy (non-hydrogen) atoms. The maximum absolute atomic E-state index is 13.5. The van der Waals surface area contributed by atoms with E-state index in [9.17, 15) is 9.18 Å². The smallest absolute Gasteiger partial charge is 0.268 e. The fourth-order valence-electron chi connectivity index (χ4n) is 1.31. The van der Waals surface area contributed by atoms with E-state index in [0.717, 1.165) is 0 Å². The highest BCUT2D eigenvalue weighted by Gasteiger charge is 2.09. The van der Waals surface area contributed by atoms with Crippen molar-refractivity contribution in [2.24, 2.45) is 5.73 Å². The van der Waals surface area contributed by atoms with Crippen molar-refractivity contribution in [3.05, 3.63) is 49.8 Å². The Labute approximate surface area is 115 Å². The molecule has 0 radical (unpaired) electrons. The molecule has 0 bridgehead atoms. The number of aromatic nitrogens is 2. The van der Waals surface area contributed by atoms with Crippen LogP contribution in [0, 0.1) is 9.39 Å². The molecule has 0 atom stereocenters. The highest BCUT2D eigenvalue weighted by molar-refractivity contribution is 14.1. The zero-order valence-electron chi connectivity index (χ0n) is 9.11. The number of aromatic amines is 1. The second-order valence-electron chi connectivity index (χ2n) is 3.41. The van der Waals surface area contributed by atoms with Crippen LogP contribution < -0.4 is 16.0 Å². The predicted octanol–water partition coefficient (Wildman–Crippen LogP) is 1.76. The van der Waals surface area contributed by atoms with Gasteiger partial charge in [0.25, 0.3) is 5.56 Å². The first-order valence-electron chi connectivity index (χ1n) is 5.01. The highest BCUT2D eigenvalue weighted by atomic mass is 127. The van der Waals surface area contributed by atoms with Crippen LogP contribution in [0.25, 0.3) is 0 Å². The summed E-state index contributed by atoms with van der Waals surface area (Å²) in [4.78, 5) is 17.6. The molecule has 0 amide bonds. The van der Waals surface area contributed by atoms with Crippen LogP contribution in [0.15, 0.2) is 29.3 Å². The summed E-state index contributed by atoms with van der Waals surface area (Å²) in [5.74, 6) is -0.0465. The third-order valence-corrected chi connectivity index (χ3v) is 3.17. The van der Waals surface area contributed by atoms with Gasteiger partial charge in [-0.15, -0.1) is 0 Å². The van der Waals surface area contributed by atoms with E-state index >= 15 is 0 Å². The molecule has 1 aromatic carbocycles. The maximum Gasteiger partial charge on any atom is 0.268 e. The predicted molar refractivity (Wildman–Crippen MR) is 71.9 cm³/mol. The molecule has 7 heteroatoms. The molecule has 0 aliphatic heterocycles. The van der Waals surface area contributed by atoms with Gasteiger partial charge >= 0.3 is 0 Å². The molecule has 94 valence electrons. The number of benzene rings is 1. The quantitative estimate of drug-likeness (QED) is 0.817. The van der Waals surface area contributed by atoms with Gasteiger partial charge in [0.05, 0.1) is 6.33 Å². The normalized spacial score (nSPS) is 10.4. The van der Waals surface area contributed by atoms with Crippen molar-refractivity contribution in [3.8, 4) is 11.6 Å². The van der Waals surface area contributed by atoms with Gasteiger partial charge in [-0.05, 0) is 28.7 Å². The molecule has 2 rings (SSSR count). The third-order valence-electron chi connectivity index (χ3n) is 2.22. The van der Waals surface area contributed by atoms with Gasteiger partial charge in [-0.3, -0.25) is 4.79 Å². The van der Waals surface area contributed by atoms with Crippen molar-refractivity contribution in [1.29, 1.82) is 0 Å². The molecular weight excluding hydrogens is 352 g/mol. The lowest BCUT2D eigenvalue weighted by Crippen LogP contribution is -2.11.